The van der Waals surface area contributed by atoms with Gasteiger partial charge in [0.2, 0.25) is 17.7 Å². The number of ketones is 1. The molecule has 0 radical (unpaired) electrons. The lowest BCUT2D eigenvalue weighted by Crippen LogP contribution is -2.55. The van der Waals surface area contributed by atoms with Crippen LogP contribution in [-0.4, -0.2) is 140 Å². The molecule has 0 aliphatic carbocycles. The van der Waals surface area contributed by atoms with E-state index in [0.29, 0.717) is 32.0 Å². The first-order valence-corrected chi connectivity index (χ1v) is 23.9. The van der Waals surface area contributed by atoms with Gasteiger partial charge in [-0.25, -0.2) is 4.79 Å². The van der Waals surface area contributed by atoms with Crippen molar-refractivity contribution in [2.45, 2.75) is 150 Å². The van der Waals surface area contributed by atoms with Crippen LogP contribution in [0.3, 0.4) is 0 Å². The Kier molecular flexibility index (Phi) is 22.1. The minimum absolute atomic E-state index is 0.00253. The Balaban J connectivity index is 1.75. The van der Waals surface area contributed by atoms with Crippen molar-refractivity contribution in [2.75, 3.05) is 53.4 Å². The fourth-order valence-corrected chi connectivity index (χ4v) is 9.63. The molecule has 13 nitrogen and oxygen atoms in total. The number of carboxylic acids is 1. The van der Waals surface area contributed by atoms with Gasteiger partial charge in [0.25, 0.3) is 0 Å². The largest absolute Gasteiger partial charge is 0.480 e. The number of anilines is 1. The van der Waals surface area contributed by atoms with Gasteiger partial charge in [0.05, 0.1) is 42.7 Å². The van der Waals surface area contributed by atoms with Gasteiger partial charge in [0, 0.05) is 71.9 Å². The standard InChI is InChI=1S/C52H83N5O8/c1-15-36(8)48(56(12)51(61)41(33(2)3)31-44(58)47(34(4)5)54(10)29-27-38-23-25-40(26-24-38)55(11)35(6)7)45(64-13)32-46(59)57-28-19-22-43(57)49(65-14)37(9)50(60)53-42(52(62)63)30-39-20-17-16-18-21-39/h16-18,20-21,23-26,33-37,41-43,45,47-49H,15,19,22,27-32H2,1-14H3,(H,53,60)(H,62,63)/t36-,37+,41-,42-,43-,45+,47-,48-,49+/m0/s1. The van der Waals surface area contributed by atoms with Crippen LogP contribution < -0.4 is 10.2 Å². The first kappa shape index (κ1) is 55.0. The van der Waals surface area contributed by atoms with Crippen molar-refractivity contribution in [2.24, 2.45) is 29.6 Å². The quantitative estimate of drug-likeness (QED) is 0.0961. The number of carbonyl (C=O) groups excluding carboxylic acids is 4. The number of carbonyl (C=O) groups is 5. The SMILES string of the molecule is CC[C@H](C)[C@@H]([C@@H](CC(=O)N1CCC[C@H]1[C@H](OC)[C@@H](C)C(=O)N[C@@H](Cc1ccccc1)C(=O)O)OC)N(C)C(=O)[C@@H](CC(=O)[C@H](C(C)C)N(C)CCc1ccc(N(C)C(C)C)cc1)C(C)C. The summed E-state index contributed by atoms with van der Waals surface area (Å²) < 4.78 is 12.0. The molecule has 364 valence electrons. The maximum absolute atomic E-state index is 14.7. The van der Waals surface area contributed by atoms with Crippen molar-refractivity contribution in [3.8, 4) is 0 Å². The Hall–Kier alpha value is -4.33. The third kappa shape index (κ3) is 15.1. The maximum atomic E-state index is 14.7. The molecule has 1 fully saturated rings. The summed E-state index contributed by atoms with van der Waals surface area (Å²) in [5.74, 6) is -3.32. The number of carboxylic acid groups (broad SMARTS) is 1. The number of rotatable bonds is 27. The van der Waals surface area contributed by atoms with Crippen LogP contribution in [0.25, 0.3) is 0 Å². The fraction of sp³-hybridized carbons (Fsp3) is 0.673. The van der Waals surface area contributed by atoms with Crippen LogP contribution in [0, 0.1) is 29.6 Å². The van der Waals surface area contributed by atoms with Crippen molar-refractivity contribution in [3.63, 3.8) is 0 Å². The first-order valence-electron chi connectivity index (χ1n) is 23.9. The van der Waals surface area contributed by atoms with Crippen molar-refractivity contribution in [1.29, 1.82) is 0 Å². The van der Waals surface area contributed by atoms with Crippen LogP contribution >= 0.6 is 0 Å². The molecule has 1 aliphatic rings. The van der Waals surface area contributed by atoms with Crippen LogP contribution in [0.2, 0.25) is 0 Å². The van der Waals surface area contributed by atoms with Crippen molar-refractivity contribution in [1.82, 2.24) is 20.0 Å². The lowest BCUT2D eigenvalue weighted by atomic mass is 9.83. The van der Waals surface area contributed by atoms with E-state index in [1.54, 1.807) is 30.9 Å². The Morgan fingerprint density at radius 3 is 1.98 bits per heavy atom. The van der Waals surface area contributed by atoms with E-state index in [1.165, 1.54) is 18.4 Å². The van der Waals surface area contributed by atoms with Crippen molar-refractivity contribution in [3.05, 3.63) is 65.7 Å². The number of likely N-dealkylation sites (tertiary alicyclic amines) is 1. The number of hydrogen-bond donors (Lipinski definition) is 2. The minimum Gasteiger partial charge on any atom is -0.480 e. The van der Waals surface area contributed by atoms with Crippen molar-refractivity contribution < 1.29 is 38.6 Å². The van der Waals surface area contributed by atoms with Gasteiger partial charge in [-0.2, -0.15) is 0 Å². The summed E-state index contributed by atoms with van der Waals surface area (Å²) in [6, 6.07) is 15.7. The predicted octanol–water partition coefficient (Wildman–Crippen LogP) is 6.99. The second-order valence-corrected chi connectivity index (χ2v) is 19.5. The molecule has 0 bridgehead atoms. The molecule has 13 heteroatoms. The smallest absolute Gasteiger partial charge is 0.326 e. The molecule has 65 heavy (non-hydrogen) atoms. The van der Waals surface area contributed by atoms with Crippen LogP contribution in [0.4, 0.5) is 5.69 Å². The molecule has 2 aromatic rings. The van der Waals surface area contributed by atoms with Gasteiger partial charge in [-0.15, -0.1) is 0 Å². The maximum Gasteiger partial charge on any atom is 0.326 e. The molecule has 1 saturated heterocycles. The zero-order valence-electron chi connectivity index (χ0n) is 42.1. The third-order valence-electron chi connectivity index (χ3n) is 14.0. The molecule has 3 amide bonds. The molecule has 1 heterocycles. The van der Waals surface area contributed by atoms with E-state index in [0.717, 1.165) is 18.4 Å². The topological polar surface area (TPSA) is 149 Å². The molecule has 0 spiro atoms. The highest BCUT2D eigenvalue weighted by Crippen LogP contribution is 2.31. The fourth-order valence-electron chi connectivity index (χ4n) is 9.63. The van der Waals surface area contributed by atoms with E-state index >= 15 is 0 Å². The first-order chi connectivity index (χ1) is 30.7. The number of methoxy groups -OCH3 is 2. The lowest BCUT2D eigenvalue weighted by molar-refractivity contribution is -0.149. The summed E-state index contributed by atoms with van der Waals surface area (Å²) in [6.07, 6.45) is 1.73. The Labute approximate surface area is 390 Å². The van der Waals surface area contributed by atoms with E-state index < -0.39 is 54.0 Å². The molecule has 3 rings (SSSR count). The normalized spacial score (nSPS) is 17.9. The summed E-state index contributed by atoms with van der Waals surface area (Å²) in [6.45, 7) is 19.4. The van der Waals surface area contributed by atoms with E-state index in [1.807, 2.05) is 51.2 Å². The summed E-state index contributed by atoms with van der Waals surface area (Å²) in [4.78, 5) is 77.0. The minimum atomic E-state index is -1.14. The average Bonchev–Trinajstić information content (AvgIpc) is 3.76. The zero-order chi connectivity index (χ0) is 48.7. The predicted molar refractivity (Wildman–Crippen MR) is 259 cm³/mol. The van der Waals surface area contributed by atoms with Crippen LogP contribution in [-0.2, 0) is 46.3 Å². The number of aliphatic carboxylic acids is 1. The number of amides is 3. The van der Waals surface area contributed by atoms with Crippen molar-refractivity contribution >= 4 is 35.2 Å². The second kappa shape index (κ2) is 26.1. The summed E-state index contributed by atoms with van der Waals surface area (Å²) in [7, 11) is 8.94. The third-order valence-corrected chi connectivity index (χ3v) is 14.0. The molecule has 2 N–H and O–H groups in total. The van der Waals surface area contributed by atoms with Gasteiger partial charge >= 0.3 is 5.97 Å². The lowest BCUT2D eigenvalue weighted by Gasteiger charge is -2.41. The number of nitrogens with one attached hydrogen (secondary N) is 1. The number of Topliss-reactive ketones (excluding diaryl/α,β-unsaturated/α-hetero) is 1. The van der Waals surface area contributed by atoms with E-state index in [4.69, 9.17) is 9.47 Å². The summed E-state index contributed by atoms with van der Waals surface area (Å²) >= 11 is 0. The highest BCUT2D eigenvalue weighted by molar-refractivity contribution is 5.90. The molecular formula is C52H83N5O8. The number of benzene rings is 2. The van der Waals surface area contributed by atoms with Gasteiger partial charge in [-0.3, -0.25) is 24.1 Å². The Morgan fingerprint density at radius 2 is 1.46 bits per heavy atom. The summed E-state index contributed by atoms with van der Waals surface area (Å²) in [5.41, 5.74) is 3.15. The number of ether oxygens (including phenoxy) is 2. The monoisotopic (exact) mass is 906 g/mol. The zero-order valence-corrected chi connectivity index (χ0v) is 42.1. The molecule has 9 atom stereocenters. The van der Waals surface area contributed by atoms with Gasteiger partial charge in [-0.1, -0.05) is 97.4 Å². The molecule has 2 aromatic carbocycles. The molecule has 1 aliphatic heterocycles. The van der Waals surface area contributed by atoms with Crippen LogP contribution in [0.15, 0.2) is 54.6 Å². The molecular weight excluding hydrogens is 823 g/mol. The second-order valence-electron chi connectivity index (χ2n) is 19.5. The van der Waals surface area contributed by atoms with E-state index in [2.05, 4.69) is 88.0 Å². The average molecular weight is 906 g/mol. The number of likely N-dealkylation sites (N-methyl/N-ethyl adjacent to an activating group) is 2. The number of hydrogen-bond acceptors (Lipinski definition) is 9. The van der Waals surface area contributed by atoms with E-state index in [9.17, 15) is 29.1 Å². The Bertz CT molecular complexity index is 1810. The molecule has 0 unspecified atom stereocenters. The van der Waals surface area contributed by atoms with Gasteiger partial charge < -0.3 is 34.6 Å². The highest BCUT2D eigenvalue weighted by Gasteiger charge is 2.43. The number of nitrogens with zero attached hydrogens (tertiary/aromatic N) is 4. The Morgan fingerprint density at radius 1 is 0.831 bits per heavy atom. The van der Waals surface area contributed by atoms with Crippen LogP contribution in [0.5, 0.6) is 0 Å². The van der Waals surface area contributed by atoms with Gasteiger partial charge in [0.15, 0.2) is 5.78 Å². The summed E-state index contributed by atoms with van der Waals surface area (Å²) in [5, 5.41) is 12.7. The van der Waals surface area contributed by atoms with Gasteiger partial charge in [-0.05, 0) is 81.2 Å². The van der Waals surface area contributed by atoms with Gasteiger partial charge in [0.1, 0.15) is 6.04 Å². The molecule has 0 saturated carbocycles. The van der Waals surface area contributed by atoms with Crippen LogP contribution in [0.1, 0.15) is 106 Å². The van der Waals surface area contributed by atoms with E-state index in [-0.39, 0.29) is 60.7 Å². The highest BCUT2D eigenvalue weighted by atomic mass is 16.5. The molecule has 0 aromatic heterocycles.